The molecule has 8 heteroatoms. The van der Waals surface area contributed by atoms with Gasteiger partial charge in [0, 0.05) is 15.5 Å². The van der Waals surface area contributed by atoms with Gasteiger partial charge in [-0.2, -0.15) is 0 Å². The molecule has 4 nitrogen and oxygen atoms in total. The second-order valence-electron chi connectivity index (χ2n) is 6.89. The van der Waals surface area contributed by atoms with Crippen LogP contribution in [0.2, 0.25) is 10.0 Å². The number of nitrogens with zero attached hydrogens (tertiary/aromatic N) is 2. The molecule has 158 valence electrons. The first kappa shape index (κ1) is 22.1. The minimum absolute atomic E-state index is 0.128. The predicted molar refractivity (Wildman–Crippen MR) is 133 cm³/mol. The van der Waals surface area contributed by atoms with Crippen LogP contribution in [0.4, 0.5) is 5.69 Å². The van der Waals surface area contributed by atoms with E-state index in [1.54, 1.807) is 35.9 Å². The van der Waals surface area contributed by atoms with Crippen LogP contribution in [0.3, 0.4) is 0 Å². The Bertz CT molecular complexity index is 1240. The number of thiophene rings is 1. The lowest BCUT2D eigenvalue weighted by Crippen LogP contribution is -2.24. The number of hydrogen-bond donors (Lipinski definition) is 1. The largest absolute Gasteiger partial charge is 0.324 e. The molecule has 0 fully saturated rings. The molecule has 0 aliphatic rings. The minimum Gasteiger partial charge on any atom is -0.324 e. The van der Waals surface area contributed by atoms with E-state index in [2.05, 4.69) is 34.3 Å². The number of anilines is 1. The zero-order valence-electron chi connectivity index (χ0n) is 16.9. The molecule has 0 saturated carbocycles. The van der Waals surface area contributed by atoms with E-state index in [0.29, 0.717) is 22.2 Å². The van der Waals surface area contributed by atoms with E-state index >= 15 is 0 Å². The number of aryl methyl sites for hydroxylation is 1. The Morgan fingerprint density at radius 3 is 2.65 bits per heavy atom. The summed E-state index contributed by atoms with van der Waals surface area (Å²) in [6.45, 7) is 4.08. The van der Waals surface area contributed by atoms with Gasteiger partial charge in [0.2, 0.25) is 5.91 Å². The Kier molecular flexibility index (Phi) is 6.82. The number of hydrogen-bond acceptors (Lipinski definition) is 5. The first-order valence-electron chi connectivity index (χ1n) is 9.70. The summed E-state index contributed by atoms with van der Waals surface area (Å²) in [6.07, 6.45) is 2.20. The second-order valence-corrected chi connectivity index (χ2v) is 10.1. The van der Waals surface area contributed by atoms with E-state index in [4.69, 9.17) is 23.2 Å². The van der Waals surface area contributed by atoms with Crippen molar-refractivity contribution in [1.29, 1.82) is 0 Å². The van der Waals surface area contributed by atoms with Crippen molar-refractivity contribution in [2.45, 2.75) is 30.5 Å². The average molecular weight is 488 g/mol. The molecule has 1 unspecified atom stereocenters. The molecule has 0 bridgehead atoms. The summed E-state index contributed by atoms with van der Waals surface area (Å²) in [4.78, 5) is 24.1. The number of nitrogens with one attached hydrogen (secondary N) is 1. The Morgan fingerprint density at radius 2 is 1.94 bits per heavy atom. The number of carbonyl (C=O) groups excluding carboxylic acids is 1. The van der Waals surface area contributed by atoms with E-state index in [9.17, 15) is 4.79 Å². The van der Waals surface area contributed by atoms with Crippen LogP contribution in [0.5, 0.6) is 0 Å². The summed E-state index contributed by atoms with van der Waals surface area (Å²) in [6, 6.07) is 15.2. The van der Waals surface area contributed by atoms with E-state index < -0.39 is 0 Å². The van der Waals surface area contributed by atoms with Crippen LogP contribution < -0.4 is 5.32 Å². The highest BCUT2D eigenvalue weighted by molar-refractivity contribution is 8.00. The van der Waals surface area contributed by atoms with Gasteiger partial charge in [-0.15, -0.1) is 11.3 Å². The van der Waals surface area contributed by atoms with Crippen molar-refractivity contribution in [1.82, 2.24) is 9.97 Å². The lowest BCUT2D eigenvalue weighted by atomic mass is 10.0. The van der Waals surface area contributed by atoms with E-state index in [-0.39, 0.29) is 11.2 Å². The number of halogens is 2. The number of carbonyl (C=O) groups is 1. The van der Waals surface area contributed by atoms with Gasteiger partial charge in [0.15, 0.2) is 0 Å². The van der Waals surface area contributed by atoms with Gasteiger partial charge in [0.25, 0.3) is 0 Å². The van der Waals surface area contributed by atoms with E-state index in [1.807, 2.05) is 25.1 Å². The zero-order valence-corrected chi connectivity index (χ0v) is 20.0. The fourth-order valence-electron chi connectivity index (χ4n) is 3.32. The topological polar surface area (TPSA) is 54.9 Å². The van der Waals surface area contributed by atoms with Gasteiger partial charge < -0.3 is 5.32 Å². The summed E-state index contributed by atoms with van der Waals surface area (Å²) in [5.74, 6) is -0.128. The maximum Gasteiger partial charge on any atom is 0.237 e. The Labute approximate surface area is 199 Å². The molecule has 2 aromatic heterocycles. The van der Waals surface area contributed by atoms with Crippen LogP contribution in [-0.4, -0.2) is 21.1 Å². The summed E-state index contributed by atoms with van der Waals surface area (Å²) in [5.41, 5.74) is 2.78. The number of thioether (sulfide) groups is 1. The molecule has 2 aromatic carbocycles. The first-order chi connectivity index (χ1) is 15.0. The number of fused-ring (bicyclic) bond motifs is 1. The molecule has 0 radical (unpaired) electrons. The van der Waals surface area contributed by atoms with Gasteiger partial charge in [-0.25, -0.2) is 9.97 Å². The maximum absolute atomic E-state index is 13.0. The molecule has 1 amide bonds. The van der Waals surface area contributed by atoms with Crippen molar-refractivity contribution in [3.05, 3.63) is 69.8 Å². The Morgan fingerprint density at radius 1 is 1.16 bits per heavy atom. The molecule has 0 aliphatic heterocycles. The Hall–Kier alpha value is -2.12. The SMILES string of the molecule is CCC(Sc1ncnc2sc(C)c(-c3ccccc3)c12)C(=O)Nc1ccc(Cl)cc1Cl. The Balaban J connectivity index is 1.67. The van der Waals surface area contributed by atoms with E-state index in [1.165, 1.54) is 16.6 Å². The molecule has 0 spiro atoms. The standard InChI is InChI=1S/C23H19Cl2N3OS2/c1-3-18(21(29)28-17-10-9-15(24)11-16(17)25)31-23-20-19(14-7-5-4-6-8-14)13(2)30-22(20)26-12-27-23/h4-12,18H,3H2,1-2H3,(H,28,29). The van der Waals surface area contributed by atoms with Crippen LogP contribution in [0.15, 0.2) is 59.9 Å². The van der Waals surface area contributed by atoms with Gasteiger partial charge in [0.1, 0.15) is 16.2 Å². The summed E-state index contributed by atoms with van der Waals surface area (Å²) < 4.78 is 0. The smallest absolute Gasteiger partial charge is 0.237 e. The van der Waals surface area contributed by atoms with Crippen LogP contribution in [-0.2, 0) is 4.79 Å². The van der Waals surface area contributed by atoms with Crippen molar-refractivity contribution < 1.29 is 4.79 Å². The molecule has 1 atom stereocenters. The van der Waals surface area contributed by atoms with E-state index in [0.717, 1.165) is 26.4 Å². The minimum atomic E-state index is -0.339. The zero-order chi connectivity index (χ0) is 22.0. The van der Waals surface area contributed by atoms with Crippen molar-refractivity contribution in [2.24, 2.45) is 0 Å². The van der Waals surface area contributed by atoms with Gasteiger partial charge >= 0.3 is 0 Å². The highest BCUT2D eigenvalue weighted by atomic mass is 35.5. The van der Waals surface area contributed by atoms with Crippen molar-refractivity contribution in [2.75, 3.05) is 5.32 Å². The maximum atomic E-state index is 13.0. The third kappa shape index (κ3) is 4.72. The van der Waals surface area contributed by atoms with Crippen molar-refractivity contribution in [3.63, 3.8) is 0 Å². The predicted octanol–water partition coefficient (Wildman–Crippen LogP) is 7.48. The summed E-state index contributed by atoms with van der Waals surface area (Å²) in [7, 11) is 0. The number of benzene rings is 2. The van der Waals surface area contributed by atoms with Gasteiger partial charge in [-0.3, -0.25) is 4.79 Å². The molecule has 4 rings (SSSR count). The second kappa shape index (κ2) is 9.57. The van der Waals surface area contributed by atoms with Crippen LogP contribution in [0, 0.1) is 6.92 Å². The van der Waals surface area contributed by atoms with Gasteiger partial charge in [-0.1, -0.05) is 72.2 Å². The number of aromatic nitrogens is 2. The molecule has 2 heterocycles. The third-order valence-corrected chi connectivity index (χ3v) is 7.72. The molecule has 4 aromatic rings. The fraction of sp³-hybridized carbons (Fsp3) is 0.174. The fourth-order valence-corrected chi connectivity index (χ4v) is 5.88. The van der Waals surface area contributed by atoms with Gasteiger partial charge in [-0.05, 0) is 37.1 Å². The average Bonchev–Trinajstić information content (AvgIpc) is 3.11. The van der Waals surface area contributed by atoms with Crippen molar-refractivity contribution >= 4 is 68.1 Å². The van der Waals surface area contributed by atoms with Gasteiger partial charge in [0.05, 0.1) is 21.3 Å². The summed E-state index contributed by atoms with van der Waals surface area (Å²) >= 11 is 15.3. The molecule has 31 heavy (non-hydrogen) atoms. The lowest BCUT2D eigenvalue weighted by molar-refractivity contribution is -0.115. The van der Waals surface area contributed by atoms with Crippen LogP contribution >= 0.6 is 46.3 Å². The molecule has 0 aliphatic carbocycles. The molecular formula is C23H19Cl2N3OS2. The highest BCUT2D eigenvalue weighted by Gasteiger charge is 2.23. The van der Waals surface area contributed by atoms with Crippen LogP contribution in [0.1, 0.15) is 18.2 Å². The van der Waals surface area contributed by atoms with Crippen molar-refractivity contribution in [3.8, 4) is 11.1 Å². The number of amides is 1. The number of rotatable bonds is 6. The monoisotopic (exact) mass is 487 g/mol. The first-order valence-corrected chi connectivity index (χ1v) is 12.1. The molecule has 0 saturated heterocycles. The third-order valence-electron chi connectivity index (χ3n) is 4.80. The highest BCUT2D eigenvalue weighted by Crippen LogP contribution is 2.42. The molecule has 1 N–H and O–H groups in total. The normalized spacial score (nSPS) is 12.1. The summed E-state index contributed by atoms with van der Waals surface area (Å²) in [5, 5.41) is 5.31. The lowest BCUT2D eigenvalue weighted by Gasteiger charge is -2.16. The quantitative estimate of drug-likeness (QED) is 0.226. The van der Waals surface area contributed by atoms with Crippen LogP contribution in [0.25, 0.3) is 21.3 Å². The molecular weight excluding hydrogens is 469 g/mol.